The van der Waals surface area contributed by atoms with Crippen LogP contribution in [-0.4, -0.2) is 20.6 Å². The van der Waals surface area contributed by atoms with Gasteiger partial charge in [-0.3, -0.25) is 0 Å². The first-order valence-corrected chi connectivity index (χ1v) is 5.11. The van der Waals surface area contributed by atoms with Crippen LogP contribution in [0, 0.1) is 0 Å². The van der Waals surface area contributed by atoms with E-state index in [2.05, 4.69) is 42.6 Å². The molecule has 2 rings (SSSR count). The van der Waals surface area contributed by atoms with Gasteiger partial charge in [0.25, 0.3) is 0 Å². The number of aromatic amines is 1. The molecule has 4 nitrogen and oxygen atoms in total. The SMILES string of the molecule is Brc1ccccc1CCc1nn[nH]n1. The Morgan fingerprint density at radius 2 is 2.07 bits per heavy atom. The Morgan fingerprint density at radius 1 is 1.21 bits per heavy atom. The van der Waals surface area contributed by atoms with Crippen molar-refractivity contribution in [2.24, 2.45) is 0 Å². The van der Waals surface area contributed by atoms with Gasteiger partial charge in [-0.25, -0.2) is 0 Å². The second kappa shape index (κ2) is 4.32. The predicted octanol–water partition coefficient (Wildman–Crippen LogP) is 1.75. The van der Waals surface area contributed by atoms with Crippen LogP contribution in [0.3, 0.4) is 0 Å². The van der Waals surface area contributed by atoms with Gasteiger partial charge < -0.3 is 0 Å². The molecule has 0 fully saturated rings. The van der Waals surface area contributed by atoms with Crippen LogP contribution in [0.1, 0.15) is 11.4 Å². The topological polar surface area (TPSA) is 54.5 Å². The first-order chi connectivity index (χ1) is 6.86. The average molecular weight is 253 g/mol. The second-order valence-electron chi connectivity index (χ2n) is 2.92. The molecular formula is C9H9BrN4. The molecule has 72 valence electrons. The first-order valence-electron chi connectivity index (χ1n) is 4.32. The predicted molar refractivity (Wildman–Crippen MR) is 55.7 cm³/mol. The number of benzene rings is 1. The number of aromatic nitrogens is 4. The number of aryl methyl sites for hydroxylation is 2. The molecule has 0 aliphatic rings. The molecule has 14 heavy (non-hydrogen) atoms. The molecule has 0 spiro atoms. The molecule has 0 radical (unpaired) electrons. The van der Waals surface area contributed by atoms with E-state index >= 15 is 0 Å². The minimum absolute atomic E-state index is 0.751. The van der Waals surface area contributed by atoms with Crippen LogP contribution in [0.5, 0.6) is 0 Å². The highest BCUT2D eigenvalue weighted by Crippen LogP contribution is 2.16. The Balaban J connectivity index is 2.02. The minimum atomic E-state index is 0.751. The fourth-order valence-electron chi connectivity index (χ4n) is 1.24. The van der Waals surface area contributed by atoms with E-state index in [-0.39, 0.29) is 0 Å². The van der Waals surface area contributed by atoms with Crippen molar-refractivity contribution in [1.82, 2.24) is 20.6 Å². The lowest BCUT2D eigenvalue weighted by atomic mass is 10.1. The van der Waals surface area contributed by atoms with E-state index in [4.69, 9.17) is 0 Å². The smallest absolute Gasteiger partial charge is 0.174 e. The number of tetrazole rings is 1. The highest BCUT2D eigenvalue weighted by molar-refractivity contribution is 9.10. The van der Waals surface area contributed by atoms with Crippen molar-refractivity contribution >= 4 is 15.9 Å². The number of rotatable bonds is 3. The summed E-state index contributed by atoms with van der Waals surface area (Å²) >= 11 is 3.50. The number of hydrogen-bond acceptors (Lipinski definition) is 3. The summed E-state index contributed by atoms with van der Waals surface area (Å²) in [6.45, 7) is 0. The molecule has 0 atom stereocenters. The highest BCUT2D eigenvalue weighted by Gasteiger charge is 2.01. The van der Waals surface area contributed by atoms with Crippen LogP contribution in [0.2, 0.25) is 0 Å². The standard InChI is InChI=1S/C9H9BrN4/c10-8-4-2-1-3-7(8)5-6-9-11-13-14-12-9/h1-4H,5-6H2,(H,11,12,13,14). The zero-order valence-electron chi connectivity index (χ0n) is 7.44. The number of hydrogen-bond donors (Lipinski definition) is 1. The summed E-state index contributed by atoms with van der Waals surface area (Å²) in [5.74, 6) is 0.751. The number of halogens is 1. The third kappa shape index (κ3) is 2.17. The zero-order valence-corrected chi connectivity index (χ0v) is 9.03. The third-order valence-electron chi connectivity index (χ3n) is 1.96. The molecule has 5 heteroatoms. The summed E-state index contributed by atoms with van der Waals surface area (Å²) in [6, 6.07) is 8.15. The maximum atomic E-state index is 3.90. The van der Waals surface area contributed by atoms with Crippen LogP contribution in [0.4, 0.5) is 0 Å². The van der Waals surface area contributed by atoms with Gasteiger partial charge >= 0.3 is 0 Å². The Hall–Kier alpha value is -1.23. The van der Waals surface area contributed by atoms with Crippen LogP contribution >= 0.6 is 15.9 Å². The Labute approximate surface area is 89.9 Å². The van der Waals surface area contributed by atoms with E-state index in [1.54, 1.807) is 0 Å². The van der Waals surface area contributed by atoms with Crippen LogP contribution in [0.15, 0.2) is 28.7 Å². The van der Waals surface area contributed by atoms with E-state index in [9.17, 15) is 0 Å². The van der Waals surface area contributed by atoms with Gasteiger partial charge in [0.2, 0.25) is 0 Å². The Morgan fingerprint density at radius 3 is 2.79 bits per heavy atom. The summed E-state index contributed by atoms with van der Waals surface area (Å²) in [6.07, 6.45) is 1.72. The second-order valence-corrected chi connectivity index (χ2v) is 3.77. The van der Waals surface area contributed by atoms with Crippen molar-refractivity contribution in [3.8, 4) is 0 Å². The maximum absolute atomic E-state index is 3.90. The lowest BCUT2D eigenvalue weighted by Crippen LogP contribution is -1.94. The van der Waals surface area contributed by atoms with Crippen molar-refractivity contribution < 1.29 is 0 Å². The van der Waals surface area contributed by atoms with Crippen molar-refractivity contribution in [3.63, 3.8) is 0 Å². The normalized spacial score (nSPS) is 10.4. The largest absolute Gasteiger partial charge is 0.177 e. The van der Waals surface area contributed by atoms with Crippen LogP contribution < -0.4 is 0 Å². The zero-order chi connectivity index (χ0) is 9.80. The van der Waals surface area contributed by atoms with Crippen molar-refractivity contribution in [2.45, 2.75) is 12.8 Å². The Kier molecular flexibility index (Phi) is 2.88. The van der Waals surface area contributed by atoms with E-state index in [0.717, 1.165) is 23.1 Å². The average Bonchev–Trinajstić information content (AvgIpc) is 2.69. The van der Waals surface area contributed by atoms with Crippen molar-refractivity contribution in [1.29, 1.82) is 0 Å². The lowest BCUT2D eigenvalue weighted by Gasteiger charge is -2.00. The van der Waals surface area contributed by atoms with Gasteiger partial charge in [-0.05, 0) is 18.1 Å². The molecule has 1 aromatic carbocycles. The lowest BCUT2D eigenvalue weighted by molar-refractivity contribution is 0.861. The minimum Gasteiger partial charge on any atom is -0.177 e. The summed E-state index contributed by atoms with van der Waals surface area (Å²) in [7, 11) is 0. The maximum Gasteiger partial charge on any atom is 0.174 e. The van der Waals surface area contributed by atoms with Gasteiger partial charge in [0.1, 0.15) is 0 Å². The van der Waals surface area contributed by atoms with Gasteiger partial charge in [0.15, 0.2) is 5.82 Å². The fraction of sp³-hybridized carbons (Fsp3) is 0.222. The molecule has 2 aromatic rings. The van der Waals surface area contributed by atoms with E-state index < -0.39 is 0 Å². The molecule has 1 heterocycles. The first kappa shape index (κ1) is 9.33. The van der Waals surface area contributed by atoms with Gasteiger partial charge in [0, 0.05) is 10.9 Å². The van der Waals surface area contributed by atoms with E-state index in [1.165, 1.54) is 5.56 Å². The van der Waals surface area contributed by atoms with E-state index in [1.807, 2.05) is 18.2 Å². The Bertz CT molecular complexity index is 399. The summed E-state index contributed by atoms with van der Waals surface area (Å²) in [4.78, 5) is 0. The molecule has 0 amide bonds. The van der Waals surface area contributed by atoms with Gasteiger partial charge in [-0.1, -0.05) is 39.3 Å². The number of H-pyrrole nitrogens is 1. The molecule has 1 N–H and O–H groups in total. The fourth-order valence-corrected chi connectivity index (χ4v) is 1.72. The van der Waals surface area contributed by atoms with Crippen molar-refractivity contribution in [3.05, 3.63) is 40.1 Å². The molecule has 0 aliphatic heterocycles. The molecule has 0 saturated heterocycles. The van der Waals surface area contributed by atoms with Gasteiger partial charge in [0.05, 0.1) is 0 Å². The molecule has 0 unspecified atom stereocenters. The molecule has 0 saturated carbocycles. The molecule has 0 aliphatic carbocycles. The number of nitrogens with one attached hydrogen (secondary N) is 1. The summed E-state index contributed by atoms with van der Waals surface area (Å²) in [5, 5.41) is 13.7. The quantitative estimate of drug-likeness (QED) is 0.906. The molecule has 1 aromatic heterocycles. The van der Waals surface area contributed by atoms with Crippen molar-refractivity contribution in [2.75, 3.05) is 0 Å². The molecule has 0 bridgehead atoms. The monoisotopic (exact) mass is 252 g/mol. The van der Waals surface area contributed by atoms with E-state index in [0.29, 0.717) is 0 Å². The summed E-state index contributed by atoms with van der Waals surface area (Å²) in [5.41, 5.74) is 1.26. The third-order valence-corrected chi connectivity index (χ3v) is 2.74. The van der Waals surface area contributed by atoms with Crippen LogP contribution in [0.25, 0.3) is 0 Å². The highest BCUT2D eigenvalue weighted by atomic mass is 79.9. The number of nitrogens with zero attached hydrogens (tertiary/aromatic N) is 3. The molecular weight excluding hydrogens is 244 g/mol. The van der Waals surface area contributed by atoms with Crippen LogP contribution in [-0.2, 0) is 12.8 Å². The summed E-state index contributed by atoms with van der Waals surface area (Å²) < 4.78 is 1.13. The van der Waals surface area contributed by atoms with Gasteiger partial charge in [-0.2, -0.15) is 5.21 Å². The van der Waals surface area contributed by atoms with Gasteiger partial charge in [-0.15, -0.1) is 10.2 Å².